The number of pyridine rings is 1. The molecule has 0 aliphatic carbocycles. The number of carbonyl (C=O) groups is 1. The van der Waals surface area contributed by atoms with Crippen molar-refractivity contribution in [1.29, 1.82) is 0 Å². The Morgan fingerprint density at radius 2 is 1.86 bits per heavy atom. The second-order valence-electron chi connectivity index (χ2n) is 7.18. The number of nitrogens with zero attached hydrogens (tertiary/aromatic N) is 1. The zero-order chi connectivity index (χ0) is 20.1. The molecular formula is C22H21ClFN3O. The maximum Gasteiger partial charge on any atom is 0.255 e. The fraction of sp³-hybridized carbons (Fsp3) is 0.182. The summed E-state index contributed by atoms with van der Waals surface area (Å²) in [5.74, 6) is -0.0812. The molecule has 0 saturated heterocycles. The zero-order valence-corrected chi connectivity index (χ0v) is 16.4. The third kappa shape index (κ3) is 5.30. The Kier molecular flexibility index (Phi) is 5.95. The highest BCUT2D eigenvalue weighted by atomic mass is 35.5. The van der Waals surface area contributed by atoms with E-state index in [0.717, 1.165) is 11.3 Å². The smallest absolute Gasteiger partial charge is 0.255 e. The SMILES string of the molecule is CC(C)(Cc1ccc(F)cc1)NC(=O)c1cccnc1Nc1cccc(Cl)c1. The lowest BCUT2D eigenvalue weighted by atomic mass is 9.94. The fourth-order valence-corrected chi connectivity index (χ4v) is 3.11. The Balaban J connectivity index is 1.75. The van der Waals surface area contributed by atoms with Crippen LogP contribution < -0.4 is 10.6 Å². The number of carbonyl (C=O) groups excluding carboxylic acids is 1. The molecule has 0 spiro atoms. The van der Waals surface area contributed by atoms with Crippen molar-refractivity contribution >= 4 is 29.0 Å². The van der Waals surface area contributed by atoms with Crippen LogP contribution in [0.15, 0.2) is 66.9 Å². The van der Waals surface area contributed by atoms with Gasteiger partial charge in [-0.15, -0.1) is 0 Å². The molecule has 144 valence electrons. The average molecular weight is 398 g/mol. The predicted molar refractivity (Wildman–Crippen MR) is 111 cm³/mol. The van der Waals surface area contributed by atoms with Gasteiger partial charge in [-0.1, -0.05) is 29.8 Å². The first-order valence-corrected chi connectivity index (χ1v) is 9.25. The van der Waals surface area contributed by atoms with Crippen LogP contribution >= 0.6 is 11.6 Å². The molecule has 1 heterocycles. The van der Waals surface area contributed by atoms with Gasteiger partial charge >= 0.3 is 0 Å². The molecule has 0 saturated carbocycles. The van der Waals surface area contributed by atoms with Crippen molar-refractivity contribution in [2.75, 3.05) is 5.32 Å². The van der Waals surface area contributed by atoms with Crippen molar-refractivity contribution in [3.63, 3.8) is 0 Å². The summed E-state index contributed by atoms with van der Waals surface area (Å²) in [4.78, 5) is 17.2. The van der Waals surface area contributed by atoms with Gasteiger partial charge in [-0.2, -0.15) is 0 Å². The van der Waals surface area contributed by atoms with E-state index in [0.29, 0.717) is 22.8 Å². The highest BCUT2D eigenvalue weighted by Crippen LogP contribution is 2.22. The lowest BCUT2D eigenvalue weighted by Crippen LogP contribution is -2.45. The summed E-state index contributed by atoms with van der Waals surface area (Å²) in [6, 6.07) is 16.9. The highest BCUT2D eigenvalue weighted by Gasteiger charge is 2.23. The fourth-order valence-electron chi connectivity index (χ4n) is 2.92. The maximum atomic E-state index is 13.1. The zero-order valence-electron chi connectivity index (χ0n) is 15.7. The molecule has 4 nitrogen and oxygen atoms in total. The van der Waals surface area contributed by atoms with Crippen molar-refractivity contribution in [2.45, 2.75) is 25.8 Å². The van der Waals surface area contributed by atoms with E-state index in [4.69, 9.17) is 11.6 Å². The number of halogens is 2. The number of amides is 1. The van der Waals surface area contributed by atoms with Crippen molar-refractivity contribution in [1.82, 2.24) is 10.3 Å². The minimum Gasteiger partial charge on any atom is -0.347 e. The number of hydrogen-bond acceptors (Lipinski definition) is 3. The van der Waals surface area contributed by atoms with E-state index in [1.54, 1.807) is 42.6 Å². The molecule has 2 aromatic carbocycles. The van der Waals surface area contributed by atoms with Gasteiger partial charge in [0, 0.05) is 22.4 Å². The first kappa shape index (κ1) is 19.8. The highest BCUT2D eigenvalue weighted by molar-refractivity contribution is 6.30. The predicted octanol–water partition coefficient (Wildman–Crippen LogP) is 5.37. The molecule has 3 rings (SSSR count). The number of rotatable bonds is 6. The largest absolute Gasteiger partial charge is 0.347 e. The van der Waals surface area contributed by atoms with Gasteiger partial charge in [-0.05, 0) is 68.3 Å². The van der Waals surface area contributed by atoms with Gasteiger partial charge in [-0.3, -0.25) is 4.79 Å². The normalized spacial score (nSPS) is 11.1. The molecule has 2 N–H and O–H groups in total. The van der Waals surface area contributed by atoms with Crippen LogP contribution in [-0.4, -0.2) is 16.4 Å². The summed E-state index contributed by atoms with van der Waals surface area (Å²) in [6.07, 6.45) is 2.18. The summed E-state index contributed by atoms with van der Waals surface area (Å²) in [6.45, 7) is 3.85. The van der Waals surface area contributed by atoms with Gasteiger partial charge in [0.1, 0.15) is 11.6 Å². The molecule has 0 aliphatic heterocycles. The summed E-state index contributed by atoms with van der Waals surface area (Å²) >= 11 is 6.02. The molecule has 28 heavy (non-hydrogen) atoms. The second-order valence-corrected chi connectivity index (χ2v) is 7.61. The Bertz CT molecular complexity index is 974. The number of aromatic nitrogens is 1. The van der Waals surface area contributed by atoms with Gasteiger partial charge in [0.15, 0.2) is 0 Å². The summed E-state index contributed by atoms with van der Waals surface area (Å²) in [5, 5.41) is 6.76. The van der Waals surface area contributed by atoms with Gasteiger partial charge in [0.2, 0.25) is 0 Å². The number of anilines is 2. The van der Waals surface area contributed by atoms with Crippen molar-refractivity contribution in [3.8, 4) is 0 Å². The minimum absolute atomic E-state index is 0.246. The van der Waals surface area contributed by atoms with Crippen LogP contribution in [0.5, 0.6) is 0 Å². The third-order valence-electron chi connectivity index (χ3n) is 4.15. The number of benzene rings is 2. The van der Waals surface area contributed by atoms with Crippen LogP contribution in [0.3, 0.4) is 0 Å². The molecule has 0 fully saturated rings. The lowest BCUT2D eigenvalue weighted by molar-refractivity contribution is 0.0913. The van der Waals surface area contributed by atoms with Crippen LogP contribution in [0.4, 0.5) is 15.9 Å². The summed E-state index contributed by atoms with van der Waals surface area (Å²) in [7, 11) is 0. The molecule has 0 bridgehead atoms. The van der Waals surface area contributed by atoms with Crippen LogP contribution in [-0.2, 0) is 6.42 Å². The molecule has 1 aromatic heterocycles. The topological polar surface area (TPSA) is 54.0 Å². The molecule has 6 heteroatoms. The van der Waals surface area contributed by atoms with Crippen molar-refractivity contribution < 1.29 is 9.18 Å². The van der Waals surface area contributed by atoms with Crippen LogP contribution in [0.2, 0.25) is 5.02 Å². The Morgan fingerprint density at radius 3 is 2.57 bits per heavy atom. The molecule has 0 unspecified atom stereocenters. The van der Waals surface area contributed by atoms with E-state index in [2.05, 4.69) is 15.6 Å². The first-order chi connectivity index (χ1) is 13.3. The van der Waals surface area contributed by atoms with E-state index in [-0.39, 0.29) is 11.7 Å². The van der Waals surface area contributed by atoms with Crippen molar-refractivity contribution in [2.24, 2.45) is 0 Å². The van der Waals surface area contributed by atoms with E-state index in [1.165, 1.54) is 12.1 Å². The summed E-state index contributed by atoms with van der Waals surface area (Å²) in [5.41, 5.74) is 1.58. The molecule has 3 aromatic rings. The standard InChI is InChI=1S/C22H21ClFN3O/c1-22(2,14-15-8-10-17(24)11-9-15)27-21(28)19-7-4-12-25-20(19)26-18-6-3-5-16(23)13-18/h3-13H,14H2,1-2H3,(H,25,26)(H,27,28). The monoisotopic (exact) mass is 397 g/mol. The van der Waals surface area contributed by atoms with Gasteiger partial charge < -0.3 is 10.6 Å². The molecule has 1 amide bonds. The van der Waals surface area contributed by atoms with Gasteiger partial charge in [0.25, 0.3) is 5.91 Å². The first-order valence-electron chi connectivity index (χ1n) is 8.87. The van der Waals surface area contributed by atoms with Crippen LogP contribution in [0.1, 0.15) is 29.8 Å². The second kappa shape index (κ2) is 8.40. The Hall–Kier alpha value is -2.92. The van der Waals surface area contributed by atoms with Crippen molar-refractivity contribution in [3.05, 3.63) is 88.8 Å². The quantitative estimate of drug-likeness (QED) is 0.588. The molecule has 0 aliphatic rings. The van der Waals surface area contributed by atoms with Gasteiger partial charge in [-0.25, -0.2) is 9.37 Å². The minimum atomic E-state index is -0.530. The summed E-state index contributed by atoms with van der Waals surface area (Å²) < 4.78 is 13.1. The Labute approximate surface area is 168 Å². The van der Waals surface area contributed by atoms with Crippen LogP contribution in [0, 0.1) is 5.82 Å². The molecule has 0 radical (unpaired) electrons. The van der Waals surface area contributed by atoms with E-state index in [1.807, 2.05) is 26.0 Å². The molecule has 0 atom stereocenters. The van der Waals surface area contributed by atoms with Crippen LogP contribution in [0.25, 0.3) is 0 Å². The Morgan fingerprint density at radius 1 is 1.11 bits per heavy atom. The van der Waals surface area contributed by atoms with Gasteiger partial charge in [0.05, 0.1) is 5.56 Å². The third-order valence-corrected chi connectivity index (χ3v) is 4.39. The maximum absolute atomic E-state index is 13.1. The number of hydrogen-bond donors (Lipinski definition) is 2. The number of nitrogens with one attached hydrogen (secondary N) is 2. The van der Waals surface area contributed by atoms with E-state index >= 15 is 0 Å². The lowest BCUT2D eigenvalue weighted by Gasteiger charge is -2.27. The average Bonchev–Trinajstić information content (AvgIpc) is 2.63. The van der Waals surface area contributed by atoms with E-state index < -0.39 is 5.54 Å². The van der Waals surface area contributed by atoms with E-state index in [9.17, 15) is 9.18 Å². The molecular weight excluding hydrogens is 377 g/mol.